The highest BCUT2D eigenvalue weighted by atomic mass is 16.4. The second-order valence-corrected chi connectivity index (χ2v) is 16.8. The summed E-state index contributed by atoms with van der Waals surface area (Å²) in [7, 11) is 0. The zero-order valence-corrected chi connectivity index (χ0v) is 28.6. The van der Waals surface area contributed by atoms with Crippen molar-refractivity contribution in [1.29, 1.82) is 0 Å². The Labute approximate surface area is 283 Å². The summed E-state index contributed by atoms with van der Waals surface area (Å²) in [6, 6.07) is 15.8. The Bertz CT molecular complexity index is 2100. The summed E-state index contributed by atoms with van der Waals surface area (Å²) in [6.07, 6.45) is 18.4. The number of hydrogen-bond donors (Lipinski definition) is 0. The van der Waals surface area contributed by atoms with Gasteiger partial charge in [0.25, 0.3) is 0 Å². The van der Waals surface area contributed by atoms with E-state index >= 15 is 0 Å². The molecule has 0 unspecified atom stereocenters. The zero-order chi connectivity index (χ0) is 33.1. The number of rotatable bonds is 8. The summed E-state index contributed by atoms with van der Waals surface area (Å²) in [5.74, 6) is -2.21. The molecule has 4 heteroatoms. The van der Waals surface area contributed by atoms with Gasteiger partial charge in [0.1, 0.15) is 0 Å². The Balaban J connectivity index is 1.45. The molecule has 5 aromatic rings. The standard InChI is InChI=1S/C44H48O4/c1-3-13-41-15-21-43(22-16-41,23-17-41)37-35-32-12-11-30(39(45)46)29-9-5-7-27(33(29)32)28-8-6-10-31(34(28)35)36(40(47)48)38(37)44-24-18-42(14-4-2,19-25-44)20-26-44/h5-12H,3-4,13-26H2,1-2H3,(H,45,46)(H,47,48)/p-2. The van der Waals surface area contributed by atoms with Gasteiger partial charge in [-0.2, -0.15) is 0 Å². The predicted octanol–water partition coefficient (Wildman–Crippen LogP) is 9.25. The molecule has 0 aromatic heterocycles. The van der Waals surface area contributed by atoms with Gasteiger partial charge < -0.3 is 19.8 Å². The lowest BCUT2D eigenvalue weighted by Crippen LogP contribution is -2.49. The van der Waals surface area contributed by atoms with Crippen LogP contribution in [0.1, 0.15) is 148 Å². The Morgan fingerprint density at radius 2 is 1.00 bits per heavy atom. The van der Waals surface area contributed by atoms with Gasteiger partial charge in [-0.3, -0.25) is 0 Å². The van der Waals surface area contributed by atoms with E-state index in [4.69, 9.17) is 0 Å². The van der Waals surface area contributed by atoms with Crippen LogP contribution in [0.3, 0.4) is 0 Å². The topological polar surface area (TPSA) is 80.3 Å². The van der Waals surface area contributed by atoms with E-state index < -0.39 is 11.9 Å². The molecule has 0 atom stereocenters. The van der Waals surface area contributed by atoms with Crippen molar-refractivity contribution in [1.82, 2.24) is 0 Å². The van der Waals surface area contributed by atoms with Crippen LogP contribution in [0.15, 0.2) is 48.5 Å². The largest absolute Gasteiger partial charge is 0.545 e. The van der Waals surface area contributed by atoms with Gasteiger partial charge in [-0.1, -0.05) is 75.2 Å². The molecule has 0 spiro atoms. The van der Waals surface area contributed by atoms with Crippen LogP contribution in [-0.2, 0) is 10.8 Å². The summed E-state index contributed by atoms with van der Waals surface area (Å²) >= 11 is 0. The number of carbonyl (C=O) groups excluding carboxylic acids is 2. The molecule has 0 radical (unpaired) electrons. The van der Waals surface area contributed by atoms with Crippen LogP contribution in [0, 0.1) is 10.8 Å². The normalized spacial score (nSPS) is 29.9. The Hall–Kier alpha value is -3.66. The number of carbonyl (C=O) groups is 2. The van der Waals surface area contributed by atoms with E-state index in [1.165, 1.54) is 75.2 Å². The molecule has 0 N–H and O–H groups in total. The van der Waals surface area contributed by atoms with E-state index in [0.29, 0.717) is 21.8 Å². The van der Waals surface area contributed by atoms with Crippen molar-refractivity contribution >= 4 is 55.0 Å². The van der Waals surface area contributed by atoms with E-state index in [-0.39, 0.29) is 16.4 Å². The summed E-state index contributed by atoms with van der Waals surface area (Å²) in [6.45, 7) is 4.62. The van der Waals surface area contributed by atoms with E-state index in [2.05, 4.69) is 26.0 Å². The number of carboxylic acids is 2. The van der Waals surface area contributed by atoms with Crippen molar-refractivity contribution < 1.29 is 19.8 Å². The highest BCUT2D eigenvalue weighted by molar-refractivity contribution is 6.36. The average molecular weight is 639 g/mol. The molecule has 11 rings (SSSR count). The van der Waals surface area contributed by atoms with Gasteiger partial charge in [-0.05, 0) is 166 Å². The molecule has 0 aliphatic heterocycles. The lowest BCUT2D eigenvalue weighted by molar-refractivity contribution is -0.256. The van der Waals surface area contributed by atoms with E-state index in [9.17, 15) is 19.8 Å². The van der Waals surface area contributed by atoms with Crippen LogP contribution in [0.25, 0.3) is 43.1 Å². The third kappa shape index (κ3) is 3.95. The molecule has 6 fully saturated rings. The monoisotopic (exact) mass is 638 g/mol. The first-order valence-electron chi connectivity index (χ1n) is 18.8. The summed E-state index contributed by atoms with van der Waals surface area (Å²) in [5, 5.41) is 33.9. The fourth-order valence-electron chi connectivity index (χ4n) is 12.4. The fraction of sp³-hybridized carbons (Fsp3) is 0.500. The minimum absolute atomic E-state index is 0.110. The Morgan fingerprint density at radius 1 is 0.521 bits per heavy atom. The minimum atomic E-state index is -1.17. The minimum Gasteiger partial charge on any atom is -0.545 e. The van der Waals surface area contributed by atoms with Gasteiger partial charge in [0.2, 0.25) is 0 Å². The molecular formula is C44H46O4-2. The van der Waals surface area contributed by atoms with Gasteiger partial charge in [-0.15, -0.1) is 0 Å². The van der Waals surface area contributed by atoms with Gasteiger partial charge in [0.05, 0.1) is 11.9 Å². The Kier molecular flexibility index (Phi) is 6.60. The predicted molar refractivity (Wildman–Crippen MR) is 190 cm³/mol. The Morgan fingerprint density at radius 3 is 1.50 bits per heavy atom. The first-order chi connectivity index (χ1) is 23.2. The van der Waals surface area contributed by atoms with Crippen molar-refractivity contribution in [2.45, 2.75) is 127 Å². The third-order valence-corrected chi connectivity index (χ3v) is 14.8. The molecule has 6 aliphatic rings. The average Bonchev–Trinajstić information content (AvgIpc) is 3.11. The van der Waals surface area contributed by atoms with Gasteiger partial charge in [0, 0.05) is 11.1 Å². The quantitative estimate of drug-likeness (QED) is 0.125. The second kappa shape index (κ2) is 10.4. The number of carboxylic acid groups (broad SMARTS) is 2. The SMILES string of the molecule is CCCC12CCC(c3c(C(=O)[O-])c4cccc5c6cccc7c(C(=O)[O-])ccc(c(c3C38CCC(CCC)(CC3)CC8)c45)c76)(CC1)CC2. The number of hydrogen-bond acceptors (Lipinski definition) is 4. The lowest BCUT2D eigenvalue weighted by atomic mass is 9.46. The summed E-state index contributed by atoms with van der Waals surface area (Å²) in [5.41, 5.74) is 3.58. The molecule has 6 saturated carbocycles. The van der Waals surface area contributed by atoms with Crippen molar-refractivity contribution in [3.8, 4) is 0 Å². The smallest absolute Gasteiger partial charge is 0.0724 e. The van der Waals surface area contributed by atoms with Crippen molar-refractivity contribution in [3.63, 3.8) is 0 Å². The molecule has 4 nitrogen and oxygen atoms in total. The highest BCUT2D eigenvalue weighted by Gasteiger charge is 2.55. The van der Waals surface area contributed by atoms with Gasteiger partial charge in [0.15, 0.2) is 0 Å². The number of aromatic carboxylic acids is 2. The third-order valence-electron chi connectivity index (χ3n) is 14.8. The molecule has 48 heavy (non-hydrogen) atoms. The lowest BCUT2D eigenvalue weighted by Gasteiger charge is -2.59. The molecule has 5 aromatic carbocycles. The maximum Gasteiger partial charge on any atom is 0.0724 e. The van der Waals surface area contributed by atoms with E-state index in [1.807, 2.05) is 30.3 Å². The van der Waals surface area contributed by atoms with Crippen molar-refractivity contribution in [2.24, 2.45) is 10.8 Å². The van der Waals surface area contributed by atoms with Gasteiger partial charge >= 0.3 is 0 Å². The first-order valence-corrected chi connectivity index (χ1v) is 18.8. The van der Waals surface area contributed by atoms with Gasteiger partial charge in [-0.25, -0.2) is 0 Å². The van der Waals surface area contributed by atoms with Crippen LogP contribution in [-0.4, -0.2) is 11.9 Å². The van der Waals surface area contributed by atoms with Crippen LogP contribution in [0.5, 0.6) is 0 Å². The van der Waals surface area contributed by atoms with Crippen molar-refractivity contribution in [2.75, 3.05) is 0 Å². The fourth-order valence-corrected chi connectivity index (χ4v) is 12.4. The number of benzene rings is 5. The molecule has 4 bridgehead atoms. The van der Waals surface area contributed by atoms with Crippen LogP contribution in [0.4, 0.5) is 0 Å². The number of fused-ring (bicyclic) bond motifs is 8. The molecule has 248 valence electrons. The van der Waals surface area contributed by atoms with Crippen LogP contribution >= 0.6 is 0 Å². The summed E-state index contributed by atoms with van der Waals surface area (Å²) < 4.78 is 0. The van der Waals surface area contributed by atoms with E-state index in [1.54, 1.807) is 6.07 Å². The molecule has 0 saturated heterocycles. The molecule has 0 amide bonds. The zero-order valence-electron chi connectivity index (χ0n) is 28.6. The highest BCUT2D eigenvalue weighted by Crippen LogP contribution is 2.66. The molecular weight excluding hydrogens is 592 g/mol. The summed E-state index contributed by atoms with van der Waals surface area (Å²) in [4.78, 5) is 26.2. The first kappa shape index (κ1) is 30.4. The maximum absolute atomic E-state index is 13.8. The van der Waals surface area contributed by atoms with Crippen LogP contribution in [0.2, 0.25) is 0 Å². The van der Waals surface area contributed by atoms with E-state index in [0.717, 1.165) is 76.4 Å². The molecule has 6 aliphatic carbocycles. The molecule has 0 heterocycles. The second-order valence-electron chi connectivity index (χ2n) is 16.8. The van der Waals surface area contributed by atoms with Crippen molar-refractivity contribution in [3.05, 3.63) is 70.8 Å². The van der Waals surface area contributed by atoms with Crippen LogP contribution < -0.4 is 10.2 Å². The maximum atomic E-state index is 13.8.